The highest BCUT2D eigenvalue weighted by Gasteiger charge is 2.26. The van der Waals surface area contributed by atoms with Crippen molar-refractivity contribution in [2.24, 2.45) is 0 Å². The molecule has 0 amide bonds. The number of nitrogens with zero attached hydrogens (tertiary/aromatic N) is 2. The van der Waals surface area contributed by atoms with E-state index in [1.165, 1.54) is 10.3 Å². The van der Waals surface area contributed by atoms with Crippen LogP contribution in [0.2, 0.25) is 0 Å². The average Bonchev–Trinajstić information content (AvgIpc) is 3.63. The van der Waals surface area contributed by atoms with Gasteiger partial charge >= 0.3 is 0 Å². The Kier molecular flexibility index (Phi) is 7.12. The number of hydrogen-bond acceptors (Lipinski definition) is 7. The van der Waals surface area contributed by atoms with Crippen LogP contribution >= 0.6 is 34.0 Å². The molecule has 0 radical (unpaired) electrons. The average molecular weight is 615 g/mol. The van der Waals surface area contributed by atoms with Crippen LogP contribution in [0.1, 0.15) is 74.6 Å². The van der Waals surface area contributed by atoms with Crippen LogP contribution in [0.5, 0.6) is 0 Å². The predicted octanol–water partition coefficient (Wildman–Crippen LogP) is 9.09. The molecule has 0 saturated heterocycles. The Hall–Kier alpha value is -3.71. The lowest BCUT2D eigenvalue weighted by molar-refractivity contribution is -0.669. The van der Waals surface area contributed by atoms with E-state index in [9.17, 15) is 5.26 Å². The Labute approximate surface area is 256 Å². The molecule has 42 heavy (non-hydrogen) atoms. The lowest BCUT2D eigenvalue weighted by atomic mass is 9.91. The Balaban J connectivity index is 1.48. The van der Waals surface area contributed by atoms with E-state index in [2.05, 4.69) is 69.0 Å². The van der Waals surface area contributed by atoms with Crippen LogP contribution in [0.15, 0.2) is 41.2 Å². The van der Waals surface area contributed by atoms with Gasteiger partial charge in [0.2, 0.25) is 11.0 Å². The standard InChI is InChI=1S/C33H33FN5S3/c1-15(2)20-10-23(29(34)32-28(20)25(11-35)33(38)42-32)26-13-40-30-22(7-18(36)8-24(26)30)17(5)12-39-14-41-31-21(16(3)4)6-19(37)9-27(31)39/h6-10,13-17H,12,36-38H2,1-5H3/q+1. The summed E-state index contributed by atoms with van der Waals surface area (Å²) >= 11 is 4.51. The van der Waals surface area contributed by atoms with Gasteiger partial charge in [-0.2, -0.15) is 9.83 Å². The van der Waals surface area contributed by atoms with E-state index >= 15 is 4.39 Å². The summed E-state index contributed by atoms with van der Waals surface area (Å²) in [6.45, 7) is 11.5. The van der Waals surface area contributed by atoms with E-state index < -0.39 is 0 Å². The largest absolute Gasteiger partial charge is 0.399 e. The molecular weight excluding hydrogens is 582 g/mol. The first-order chi connectivity index (χ1) is 20.0. The van der Waals surface area contributed by atoms with Gasteiger partial charge in [-0.1, -0.05) is 46.0 Å². The van der Waals surface area contributed by atoms with Crippen molar-refractivity contribution in [3.63, 3.8) is 0 Å². The second kappa shape index (κ2) is 10.5. The molecule has 1 unspecified atom stereocenters. The second-order valence-electron chi connectivity index (χ2n) is 11.7. The zero-order valence-electron chi connectivity index (χ0n) is 24.2. The van der Waals surface area contributed by atoms with Gasteiger partial charge in [0, 0.05) is 50.0 Å². The zero-order valence-corrected chi connectivity index (χ0v) is 26.7. The van der Waals surface area contributed by atoms with E-state index in [0.717, 1.165) is 55.9 Å². The first-order valence-corrected chi connectivity index (χ1v) is 16.5. The van der Waals surface area contributed by atoms with E-state index in [1.54, 1.807) is 22.7 Å². The Morgan fingerprint density at radius 2 is 1.52 bits per heavy atom. The number of hydrogen-bond donors (Lipinski definition) is 3. The molecule has 214 valence electrons. The van der Waals surface area contributed by atoms with Crippen LogP contribution in [0.25, 0.3) is 41.5 Å². The number of thiazole rings is 1. The van der Waals surface area contributed by atoms with Crippen molar-refractivity contribution in [2.45, 2.75) is 58.9 Å². The molecule has 3 aromatic carbocycles. The van der Waals surface area contributed by atoms with Crippen LogP contribution < -0.4 is 21.8 Å². The van der Waals surface area contributed by atoms with E-state index in [-0.39, 0.29) is 17.7 Å². The maximum Gasteiger partial charge on any atom is 0.225 e. The summed E-state index contributed by atoms with van der Waals surface area (Å²) in [6.07, 6.45) is 0. The molecule has 5 nitrogen and oxygen atoms in total. The number of fused-ring (bicyclic) bond motifs is 3. The van der Waals surface area contributed by atoms with Crippen molar-refractivity contribution in [3.05, 3.63) is 69.3 Å². The molecule has 3 heterocycles. The van der Waals surface area contributed by atoms with Gasteiger partial charge in [-0.05, 0) is 58.2 Å². The molecule has 0 aliphatic heterocycles. The summed E-state index contributed by atoms with van der Waals surface area (Å²) in [7, 11) is 0. The first kappa shape index (κ1) is 28.4. The number of rotatable bonds is 6. The third-order valence-corrected chi connectivity index (χ3v) is 11.2. The zero-order chi connectivity index (χ0) is 30.0. The first-order valence-electron chi connectivity index (χ1n) is 14.0. The van der Waals surface area contributed by atoms with Crippen molar-refractivity contribution in [2.75, 3.05) is 17.2 Å². The van der Waals surface area contributed by atoms with Gasteiger partial charge in [-0.25, -0.2) is 4.39 Å². The summed E-state index contributed by atoms with van der Waals surface area (Å²) in [5, 5.41) is 13.7. The maximum atomic E-state index is 16.2. The molecule has 1 atom stereocenters. The Morgan fingerprint density at radius 1 is 0.833 bits per heavy atom. The number of nitrogens with two attached hydrogens (primary N) is 3. The van der Waals surface area contributed by atoms with Crippen molar-refractivity contribution < 1.29 is 8.96 Å². The molecular formula is C33H33FN5S3+. The van der Waals surface area contributed by atoms with Crippen LogP contribution in [-0.2, 0) is 6.54 Å². The van der Waals surface area contributed by atoms with Crippen LogP contribution in [0.3, 0.4) is 0 Å². The summed E-state index contributed by atoms with van der Waals surface area (Å²) in [5.41, 5.74) is 28.7. The topological polar surface area (TPSA) is 106 Å². The minimum absolute atomic E-state index is 0.0845. The molecule has 9 heteroatoms. The lowest BCUT2D eigenvalue weighted by Crippen LogP contribution is -2.34. The molecule has 6 aromatic rings. The number of anilines is 3. The fraction of sp³-hybridized carbons (Fsp3) is 0.273. The van der Waals surface area contributed by atoms with Crippen LogP contribution in [0, 0.1) is 17.1 Å². The van der Waals surface area contributed by atoms with Gasteiger partial charge in [0.05, 0.1) is 10.3 Å². The monoisotopic (exact) mass is 614 g/mol. The van der Waals surface area contributed by atoms with Gasteiger partial charge < -0.3 is 17.2 Å². The highest BCUT2D eigenvalue weighted by atomic mass is 32.1. The highest BCUT2D eigenvalue weighted by molar-refractivity contribution is 7.23. The third-order valence-electron chi connectivity index (χ3n) is 8.06. The number of halogens is 1. The Morgan fingerprint density at radius 3 is 2.21 bits per heavy atom. The number of aromatic nitrogens is 1. The van der Waals surface area contributed by atoms with Crippen molar-refractivity contribution in [3.8, 4) is 17.2 Å². The Bertz CT molecular complexity index is 2060. The summed E-state index contributed by atoms with van der Waals surface area (Å²) in [6, 6.07) is 12.2. The SMILES string of the molecule is CC(C)c1cc(N)cc2c1sc[n+]2CC(C)c1cc(N)cc2c(-c3cc(C(C)C)c4c(C#N)c(N)sc4c3F)csc12. The molecule has 0 fully saturated rings. The van der Waals surface area contributed by atoms with Gasteiger partial charge in [-0.15, -0.1) is 22.7 Å². The van der Waals surface area contributed by atoms with E-state index in [0.29, 0.717) is 37.8 Å². The van der Waals surface area contributed by atoms with Gasteiger partial charge in [-0.3, -0.25) is 0 Å². The second-order valence-corrected chi connectivity index (χ2v) is 14.5. The van der Waals surface area contributed by atoms with Crippen molar-refractivity contribution >= 4 is 80.8 Å². The van der Waals surface area contributed by atoms with Gasteiger partial charge in [0.1, 0.15) is 21.6 Å². The third kappa shape index (κ3) is 4.49. The molecule has 3 aromatic heterocycles. The smallest absolute Gasteiger partial charge is 0.225 e. The lowest BCUT2D eigenvalue weighted by Gasteiger charge is -2.14. The molecule has 0 aliphatic rings. The molecule has 6 rings (SSSR count). The maximum absolute atomic E-state index is 16.2. The normalized spacial score (nSPS) is 12.7. The molecule has 0 saturated carbocycles. The van der Waals surface area contributed by atoms with E-state index in [1.807, 2.05) is 17.5 Å². The number of nitrogen functional groups attached to an aromatic ring is 3. The van der Waals surface area contributed by atoms with Gasteiger partial charge in [0.15, 0.2) is 6.54 Å². The van der Waals surface area contributed by atoms with Gasteiger partial charge in [0.25, 0.3) is 0 Å². The summed E-state index contributed by atoms with van der Waals surface area (Å²) < 4.78 is 21.3. The predicted molar refractivity (Wildman–Crippen MR) is 179 cm³/mol. The number of thiophene rings is 2. The van der Waals surface area contributed by atoms with E-state index in [4.69, 9.17) is 17.2 Å². The molecule has 0 aliphatic carbocycles. The fourth-order valence-corrected chi connectivity index (χ4v) is 9.29. The minimum Gasteiger partial charge on any atom is -0.399 e. The van der Waals surface area contributed by atoms with Crippen molar-refractivity contribution in [1.29, 1.82) is 5.26 Å². The molecule has 0 spiro atoms. The quantitative estimate of drug-likeness (QED) is 0.128. The van der Waals surface area contributed by atoms with Crippen molar-refractivity contribution in [1.82, 2.24) is 0 Å². The number of benzene rings is 3. The minimum atomic E-state index is -0.344. The fourth-order valence-electron chi connectivity index (χ4n) is 5.95. The molecule has 0 bridgehead atoms. The highest BCUT2D eigenvalue weighted by Crippen LogP contribution is 2.46. The number of nitriles is 1. The van der Waals surface area contributed by atoms with Crippen LogP contribution in [-0.4, -0.2) is 0 Å². The summed E-state index contributed by atoms with van der Waals surface area (Å²) in [5.74, 6) is 0.263. The molecule has 6 N–H and O–H groups in total. The van der Waals surface area contributed by atoms with Crippen LogP contribution in [0.4, 0.5) is 20.8 Å². The summed E-state index contributed by atoms with van der Waals surface area (Å²) in [4.78, 5) is 0.